The van der Waals surface area contributed by atoms with Crippen LogP contribution in [0.3, 0.4) is 0 Å². The molecule has 0 amide bonds. The molecule has 0 rings (SSSR count). The molecule has 1 unspecified atom stereocenters. The average molecular weight is 328 g/mol. The molecule has 2 radical (unpaired) electrons. The Hall–Kier alpha value is 1.01. The van der Waals surface area contributed by atoms with E-state index in [-0.39, 0.29) is 12.4 Å². The number of nitrogens with two attached hydrogens (primary N) is 1. The molecule has 0 aliphatic carbocycles. The van der Waals surface area contributed by atoms with Crippen molar-refractivity contribution in [3.05, 3.63) is 0 Å². The fraction of sp³-hybridized carbons (Fsp3) is 1.00. The van der Waals surface area contributed by atoms with Crippen molar-refractivity contribution in [2.45, 2.75) is 56.4 Å². The van der Waals surface area contributed by atoms with Crippen molar-refractivity contribution >= 4 is 34.0 Å². The third-order valence-corrected chi connectivity index (χ3v) is 4.65. The molecule has 0 aromatic rings. The maximum Gasteiger partial charge on any atom is -0.147 e. The van der Waals surface area contributed by atoms with Gasteiger partial charge in [0.25, 0.3) is 0 Å². The summed E-state index contributed by atoms with van der Waals surface area (Å²) >= 11 is -0.447. The minimum Gasteiger partial charge on any atom is -0.147 e. The second-order valence-corrected chi connectivity index (χ2v) is 6.64. The molecule has 86 valence electrons. The Kier molecular flexibility index (Phi) is 17.4. The van der Waals surface area contributed by atoms with Gasteiger partial charge in [-0.3, -0.25) is 0 Å². The summed E-state index contributed by atoms with van der Waals surface area (Å²) in [5.41, 5.74) is 5.66. The number of unbranched alkanes of at least 4 members (excludes halogenated alkanes) is 2. The summed E-state index contributed by atoms with van der Waals surface area (Å²) in [6.45, 7) is 5.30. The minimum atomic E-state index is -0.447. The summed E-state index contributed by atoms with van der Waals surface area (Å²) in [6, 6.07) is 0.381. The van der Waals surface area contributed by atoms with Gasteiger partial charge in [0.1, 0.15) is 0 Å². The Morgan fingerprint density at radius 3 is 2.57 bits per heavy atom. The molecule has 0 aromatic carbocycles. The predicted octanol–water partition coefficient (Wildman–Crippen LogP) is 2.78. The first-order valence-electron chi connectivity index (χ1n) is 5.37. The van der Waals surface area contributed by atoms with Gasteiger partial charge in [-0.05, 0) is 0 Å². The summed E-state index contributed by atoms with van der Waals surface area (Å²) < 4.78 is 6.98. The van der Waals surface area contributed by atoms with E-state index in [4.69, 9.17) is 8.81 Å². The van der Waals surface area contributed by atoms with Gasteiger partial charge in [-0.15, -0.1) is 12.4 Å². The van der Waals surface area contributed by atoms with Crippen LogP contribution in [0.4, 0.5) is 0 Å². The first-order valence-corrected chi connectivity index (χ1v) is 8.56. The van der Waals surface area contributed by atoms with Gasteiger partial charge < -0.3 is 0 Å². The van der Waals surface area contributed by atoms with Crippen molar-refractivity contribution in [2.75, 3.05) is 6.61 Å². The largest absolute Gasteiger partial charge is 0.147 e. The van der Waals surface area contributed by atoms with Gasteiger partial charge in [-0.25, -0.2) is 0 Å². The molecule has 0 aromatic heterocycles. The van der Waals surface area contributed by atoms with E-state index in [2.05, 4.69) is 13.8 Å². The molecule has 0 saturated heterocycles. The van der Waals surface area contributed by atoms with E-state index in [1.165, 1.54) is 36.5 Å². The van der Waals surface area contributed by atoms with E-state index >= 15 is 0 Å². The van der Waals surface area contributed by atoms with Crippen molar-refractivity contribution < 1.29 is 3.07 Å². The SMILES string of the molecule is CCCC[O][Sn][CH2]CCCC(C)N.Cl. The molecule has 0 aliphatic heterocycles. The van der Waals surface area contributed by atoms with E-state index in [0.717, 1.165) is 6.61 Å². The van der Waals surface area contributed by atoms with E-state index < -0.39 is 21.6 Å². The molecule has 0 saturated carbocycles. The Morgan fingerprint density at radius 2 is 2.00 bits per heavy atom. The first-order chi connectivity index (χ1) is 6.27. The summed E-state index contributed by atoms with van der Waals surface area (Å²) in [7, 11) is 0. The smallest absolute Gasteiger partial charge is 0.147 e. The van der Waals surface area contributed by atoms with Crippen LogP contribution in [0, 0.1) is 0 Å². The van der Waals surface area contributed by atoms with Crippen LogP contribution in [0.15, 0.2) is 0 Å². The van der Waals surface area contributed by atoms with Crippen LogP contribution in [0.5, 0.6) is 0 Å². The molecular weight excluding hydrogens is 304 g/mol. The van der Waals surface area contributed by atoms with Crippen molar-refractivity contribution in [3.63, 3.8) is 0 Å². The van der Waals surface area contributed by atoms with Gasteiger partial charge in [-0.1, -0.05) is 0 Å². The van der Waals surface area contributed by atoms with Crippen LogP contribution in [0.25, 0.3) is 0 Å². The Bertz CT molecular complexity index is 104. The molecule has 0 heterocycles. The molecule has 14 heavy (non-hydrogen) atoms. The van der Waals surface area contributed by atoms with Gasteiger partial charge >= 0.3 is 93.4 Å². The van der Waals surface area contributed by atoms with E-state index in [1.807, 2.05) is 0 Å². The molecule has 2 N–H and O–H groups in total. The molecule has 0 fully saturated rings. The van der Waals surface area contributed by atoms with E-state index in [9.17, 15) is 0 Å². The molecule has 0 spiro atoms. The van der Waals surface area contributed by atoms with Gasteiger partial charge in [0.15, 0.2) is 0 Å². The third kappa shape index (κ3) is 15.5. The number of halogens is 1. The predicted molar refractivity (Wildman–Crippen MR) is 66.2 cm³/mol. The zero-order valence-electron chi connectivity index (χ0n) is 9.42. The molecule has 2 nitrogen and oxygen atoms in total. The van der Waals surface area contributed by atoms with Crippen molar-refractivity contribution in [3.8, 4) is 0 Å². The third-order valence-electron chi connectivity index (χ3n) is 1.89. The van der Waals surface area contributed by atoms with Gasteiger partial charge in [0.05, 0.1) is 0 Å². The van der Waals surface area contributed by atoms with Gasteiger partial charge in [0, 0.05) is 0 Å². The molecule has 0 bridgehead atoms. The summed E-state index contributed by atoms with van der Waals surface area (Å²) in [6.07, 6.45) is 6.29. The summed E-state index contributed by atoms with van der Waals surface area (Å²) in [4.78, 5) is 0. The van der Waals surface area contributed by atoms with Crippen molar-refractivity contribution in [1.29, 1.82) is 0 Å². The van der Waals surface area contributed by atoms with Crippen LogP contribution in [-0.2, 0) is 3.07 Å². The minimum absolute atomic E-state index is 0. The molecular formula is C10H24ClNOSn. The van der Waals surface area contributed by atoms with Crippen LogP contribution < -0.4 is 5.73 Å². The van der Waals surface area contributed by atoms with Crippen molar-refractivity contribution in [2.24, 2.45) is 5.73 Å². The summed E-state index contributed by atoms with van der Waals surface area (Å²) in [5, 5.41) is 0. The topological polar surface area (TPSA) is 35.2 Å². The average Bonchev–Trinajstić information content (AvgIpc) is 2.09. The number of rotatable bonds is 9. The fourth-order valence-electron chi connectivity index (χ4n) is 1.02. The van der Waals surface area contributed by atoms with Crippen LogP contribution >= 0.6 is 12.4 Å². The van der Waals surface area contributed by atoms with Crippen LogP contribution in [0.2, 0.25) is 4.44 Å². The second-order valence-electron chi connectivity index (χ2n) is 3.57. The normalized spacial score (nSPS) is 12.2. The first kappa shape index (κ1) is 17.4. The maximum atomic E-state index is 5.66. The Morgan fingerprint density at radius 1 is 1.29 bits per heavy atom. The van der Waals surface area contributed by atoms with Gasteiger partial charge in [-0.2, -0.15) is 0 Å². The Balaban J connectivity index is 0. The fourth-order valence-corrected chi connectivity index (χ4v) is 3.39. The van der Waals surface area contributed by atoms with E-state index in [1.54, 1.807) is 0 Å². The number of hydrogen-bond acceptors (Lipinski definition) is 2. The molecule has 0 aliphatic rings. The monoisotopic (exact) mass is 329 g/mol. The molecule has 1 atom stereocenters. The van der Waals surface area contributed by atoms with Crippen LogP contribution in [0.1, 0.15) is 46.0 Å². The van der Waals surface area contributed by atoms with E-state index in [0.29, 0.717) is 6.04 Å². The molecule has 4 heteroatoms. The quantitative estimate of drug-likeness (QED) is 0.522. The van der Waals surface area contributed by atoms with Crippen molar-refractivity contribution in [1.82, 2.24) is 0 Å². The summed E-state index contributed by atoms with van der Waals surface area (Å²) in [5.74, 6) is 0. The zero-order chi connectivity index (χ0) is 9.94. The van der Waals surface area contributed by atoms with Crippen LogP contribution in [-0.4, -0.2) is 34.2 Å². The number of hydrogen-bond donors (Lipinski definition) is 1. The Labute approximate surface area is 106 Å². The second kappa shape index (κ2) is 14.0. The van der Waals surface area contributed by atoms with Gasteiger partial charge in [0.2, 0.25) is 0 Å². The maximum absolute atomic E-state index is 5.66. The zero-order valence-corrected chi connectivity index (χ0v) is 13.1. The standard InChI is InChI=1S/C6H14N.C4H9O.ClH.Sn/c1-3-4-5-6(2)7;1-2-3-4-5;;/h6H,1,3-5,7H2,2H3;2-4H2,1H3;1H;/q;-1;;+1.